The van der Waals surface area contributed by atoms with Gasteiger partial charge in [0.05, 0.1) is 6.61 Å². The van der Waals surface area contributed by atoms with Crippen molar-refractivity contribution in [2.24, 2.45) is 0 Å². The van der Waals surface area contributed by atoms with Crippen molar-refractivity contribution in [3.8, 4) is 0 Å². The number of aryl methyl sites for hydroxylation is 1. The van der Waals surface area contributed by atoms with Crippen molar-refractivity contribution in [1.82, 2.24) is 9.88 Å². The molecule has 1 aromatic heterocycles. The molecule has 6 nitrogen and oxygen atoms in total. The number of hydrogen-bond acceptors (Lipinski definition) is 5. The molecule has 0 aliphatic carbocycles. The van der Waals surface area contributed by atoms with Crippen LogP contribution >= 0.6 is 0 Å². The van der Waals surface area contributed by atoms with E-state index in [9.17, 15) is 9.59 Å². The van der Waals surface area contributed by atoms with Gasteiger partial charge in [0.1, 0.15) is 12.4 Å². The second-order valence-corrected chi connectivity index (χ2v) is 6.30. The molecule has 0 atom stereocenters. The molecule has 0 aliphatic rings. The molecule has 2 rings (SSSR count). The van der Waals surface area contributed by atoms with Crippen LogP contribution in [0.5, 0.6) is 0 Å². The largest absolute Gasteiger partial charge is 0.465 e. The lowest BCUT2D eigenvalue weighted by atomic mass is 10.1. The number of nitrogens with two attached hydrogens (primary N) is 1. The van der Waals surface area contributed by atoms with Crippen LogP contribution in [0, 0.1) is 0 Å². The van der Waals surface area contributed by atoms with E-state index in [1.807, 2.05) is 56.3 Å². The van der Waals surface area contributed by atoms with Gasteiger partial charge in [0, 0.05) is 19.2 Å². The molecule has 0 saturated heterocycles. The smallest absolute Gasteiger partial charge is 0.325 e. The first-order chi connectivity index (χ1) is 14.1. The van der Waals surface area contributed by atoms with Gasteiger partial charge in [-0.05, 0) is 49.4 Å². The minimum Gasteiger partial charge on any atom is -0.465 e. The van der Waals surface area contributed by atoms with Gasteiger partial charge >= 0.3 is 5.97 Å². The van der Waals surface area contributed by atoms with Gasteiger partial charge in [0.25, 0.3) is 0 Å². The average molecular weight is 400 g/mol. The van der Waals surface area contributed by atoms with Crippen LogP contribution in [0.15, 0.2) is 48.7 Å². The Labute approximate surface area is 174 Å². The van der Waals surface area contributed by atoms with E-state index in [0.717, 1.165) is 17.5 Å². The van der Waals surface area contributed by atoms with Crippen LogP contribution in [0.25, 0.3) is 0 Å². The molecule has 0 spiro atoms. The number of anilines is 1. The Morgan fingerprint density at radius 1 is 1.07 bits per heavy atom. The molecule has 1 amide bonds. The molecule has 0 radical (unpaired) electrons. The lowest BCUT2D eigenvalue weighted by Crippen LogP contribution is -2.38. The van der Waals surface area contributed by atoms with Crippen LogP contribution in [-0.4, -0.2) is 41.5 Å². The molecule has 6 heteroatoms. The minimum atomic E-state index is -0.374. The summed E-state index contributed by atoms with van der Waals surface area (Å²) in [4.78, 5) is 30.1. The van der Waals surface area contributed by atoms with Gasteiger partial charge in [-0.15, -0.1) is 0 Å². The normalized spacial score (nSPS) is 9.90. The predicted octanol–water partition coefficient (Wildman–Crippen LogP) is 3.65. The number of rotatable bonds is 10. The summed E-state index contributed by atoms with van der Waals surface area (Å²) in [6.07, 6.45) is 4.17. The van der Waals surface area contributed by atoms with E-state index in [1.54, 1.807) is 18.0 Å². The molecule has 2 aromatic rings. The number of carbonyl (C=O) groups excluding carboxylic acids is 2. The summed E-state index contributed by atoms with van der Waals surface area (Å²) in [6.45, 7) is 6.54. The van der Waals surface area contributed by atoms with Gasteiger partial charge in [0.2, 0.25) is 5.91 Å². The Morgan fingerprint density at radius 2 is 1.79 bits per heavy atom. The molecule has 29 heavy (non-hydrogen) atoms. The van der Waals surface area contributed by atoms with Crippen molar-refractivity contribution in [2.45, 2.75) is 46.5 Å². The Bertz CT molecular complexity index is 735. The minimum absolute atomic E-state index is 0.0122. The summed E-state index contributed by atoms with van der Waals surface area (Å²) in [5.41, 5.74) is 7.86. The molecule has 1 aromatic carbocycles. The first-order valence-electron chi connectivity index (χ1n) is 10.3. The summed E-state index contributed by atoms with van der Waals surface area (Å²) in [5.74, 6) is 0.0625. The zero-order valence-electron chi connectivity index (χ0n) is 17.8. The van der Waals surface area contributed by atoms with E-state index < -0.39 is 0 Å². The van der Waals surface area contributed by atoms with Crippen molar-refractivity contribution in [1.29, 1.82) is 0 Å². The second-order valence-electron chi connectivity index (χ2n) is 6.30. The van der Waals surface area contributed by atoms with Crippen LogP contribution in [0.3, 0.4) is 0 Å². The number of amides is 1. The van der Waals surface area contributed by atoms with Gasteiger partial charge < -0.3 is 15.4 Å². The van der Waals surface area contributed by atoms with Crippen LogP contribution in [-0.2, 0) is 27.2 Å². The molecule has 0 saturated carbocycles. The number of ether oxygens (including phenoxy) is 1. The molecular formula is C23H33N3O3. The van der Waals surface area contributed by atoms with Gasteiger partial charge in [0.15, 0.2) is 0 Å². The fourth-order valence-corrected chi connectivity index (χ4v) is 2.81. The third-order valence-electron chi connectivity index (χ3n) is 4.19. The maximum absolute atomic E-state index is 12.6. The molecule has 158 valence electrons. The highest BCUT2D eigenvalue weighted by molar-refractivity contribution is 5.82. The number of nitrogen functional groups attached to an aromatic ring is 1. The number of aromatic nitrogens is 1. The molecule has 0 aliphatic heterocycles. The number of benzene rings is 1. The third kappa shape index (κ3) is 9.74. The first kappa shape index (κ1) is 24.1. The molecular weight excluding hydrogens is 366 g/mol. The van der Waals surface area contributed by atoms with Crippen molar-refractivity contribution in [3.63, 3.8) is 0 Å². The Morgan fingerprint density at radius 3 is 2.45 bits per heavy atom. The van der Waals surface area contributed by atoms with E-state index in [0.29, 0.717) is 38.2 Å². The molecule has 0 fully saturated rings. The SMILES string of the molecule is CC.CCOC(=O)CN(CCc1ccccc1)C(=O)CCCc1ccnc(N)c1. The molecule has 2 N–H and O–H groups in total. The Kier molecular flexibility index (Phi) is 11.8. The maximum atomic E-state index is 12.6. The van der Waals surface area contributed by atoms with Crippen LogP contribution < -0.4 is 5.73 Å². The summed E-state index contributed by atoms with van der Waals surface area (Å²) < 4.78 is 5.01. The summed E-state index contributed by atoms with van der Waals surface area (Å²) in [6, 6.07) is 13.6. The molecule has 0 unspecified atom stereocenters. The monoisotopic (exact) mass is 399 g/mol. The average Bonchev–Trinajstić information content (AvgIpc) is 2.73. The topological polar surface area (TPSA) is 85.5 Å². The van der Waals surface area contributed by atoms with Gasteiger partial charge in [-0.25, -0.2) is 4.98 Å². The van der Waals surface area contributed by atoms with Gasteiger partial charge in [-0.3, -0.25) is 9.59 Å². The maximum Gasteiger partial charge on any atom is 0.325 e. The van der Waals surface area contributed by atoms with E-state index in [4.69, 9.17) is 10.5 Å². The number of pyridine rings is 1. The van der Waals surface area contributed by atoms with E-state index in [2.05, 4.69) is 4.98 Å². The van der Waals surface area contributed by atoms with E-state index in [1.165, 1.54) is 0 Å². The third-order valence-corrected chi connectivity index (χ3v) is 4.19. The van der Waals surface area contributed by atoms with Crippen LogP contribution in [0.1, 0.15) is 44.7 Å². The van der Waals surface area contributed by atoms with Gasteiger partial charge in [-0.1, -0.05) is 44.2 Å². The van der Waals surface area contributed by atoms with Crippen molar-refractivity contribution in [3.05, 3.63) is 59.8 Å². The predicted molar refractivity (Wildman–Crippen MR) is 116 cm³/mol. The Balaban J connectivity index is 0.00000204. The summed E-state index contributed by atoms with van der Waals surface area (Å²) >= 11 is 0. The zero-order valence-corrected chi connectivity index (χ0v) is 17.8. The van der Waals surface area contributed by atoms with Crippen molar-refractivity contribution >= 4 is 17.7 Å². The standard InChI is InChI=1S/C21H27N3O3.C2H6/c1-2-27-21(26)16-24(14-12-17-7-4-3-5-8-17)20(25)10-6-9-18-11-13-23-19(22)15-18;1-2/h3-5,7-8,11,13,15H,2,6,9-10,12,14,16H2,1H3,(H2,22,23);1-2H3. The van der Waals surface area contributed by atoms with Crippen LogP contribution in [0.4, 0.5) is 5.82 Å². The summed E-state index contributed by atoms with van der Waals surface area (Å²) in [7, 11) is 0. The number of hydrogen-bond donors (Lipinski definition) is 1. The van der Waals surface area contributed by atoms with Crippen molar-refractivity contribution < 1.29 is 14.3 Å². The Hall–Kier alpha value is -2.89. The lowest BCUT2D eigenvalue weighted by Gasteiger charge is -2.22. The van der Waals surface area contributed by atoms with Gasteiger partial charge in [-0.2, -0.15) is 0 Å². The van der Waals surface area contributed by atoms with E-state index in [-0.39, 0.29) is 18.4 Å². The second kappa shape index (κ2) is 14.2. The molecule has 1 heterocycles. The highest BCUT2D eigenvalue weighted by atomic mass is 16.5. The number of esters is 1. The number of carbonyl (C=O) groups is 2. The van der Waals surface area contributed by atoms with Crippen molar-refractivity contribution in [2.75, 3.05) is 25.4 Å². The lowest BCUT2D eigenvalue weighted by molar-refractivity contribution is -0.149. The quantitative estimate of drug-likeness (QED) is 0.617. The molecule has 0 bridgehead atoms. The first-order valence-corrected chi connectivity index (χ1v) is 10.3. The fourth-order valence-electron chi connectivity index (χ4n) is 2.81. The zero-order chi connectivity index (χ0) is 21.5. The highest BCUT2D eigenvalue weighted by Gasteiger charge is 2.17. The summed E-state index contributed by atoms with van der Waals surface area (Å²) in [5, 5.41) is 0. The number of nitrogens with zero attached hydrogens (tertiary/aromatic N) is 2. The fraction of sp³-hybridized carbons (Fsp3) is 0.435. The van der Waals surface area contributed by atoms with E-state index >= 15 is 0 Å². The van der Waals surface area contributed by atoms with Crippen LogP contribution in [0.2, 0.25) is 0 Å². The highest BCUT2D eigenvalue weighted by Crippen LogP contribution is 2.10.